The molecule has 6 heteroatoms. The predicted octanol–water partition coefficient (Wildman–Crippen LogP) is 2.66. The number of phenolic OH excluding ortho intramolecular Hbond substituents is 1. The average molecular weight is 348 g/mol. The second-order valence-electron chi connectivity index (χ2n) is 6.20. The number of aromatic nitrogens is 1. The number of aromatic hydroxyl groups is 1. The summed E-state index contributed by atoms with van der Waals surface area (Å²) in [6.45, 7) is 0.937. The van der Waals surface area contributed by atoms with Gasteiger partial charge in [-0.2, -0.15) is 0 Å². The SMILES string of the molecule is O=Cc1cc(C(=O)N2CC(Oc3ccc4cccnc4c3)C2)ccc1O. The van der Waals surface area contributed by atoms with E-state index in [1.54, 1.807) is 11.1 Å². The van der Waals surface area contributed by atoms with Crippen LogP contribution >= 0.6 is 0 Å². The van der Waals surface area contributed by atoms with Crippen molar-refractivity contribution in [1.82, 2.24) is 9.88 Å². The van der Waals surface area contributed by atoms with Crippen LogP contribution in [-0.2, 0) is 0 Å². The Morgan fingerprint density at radius 1 is 1.19 bits per heavy atom. The average Bonchev–Trinajstić information content (AvgIpc) is 2.64. The molecule has 0 unspecified atom stereocenters. The van der Waals surface area contributed by atoms with Gasteiger partial charge in [-0.1, -0.05) is 6.07 Å². The van der Waals surface area contributed by atoms with E-state index in [1.807, 2.05) is 30.3 Å². The lowest BCUT2D eigenvalue weighted by atomic mass is 10.1. The summed E-state index contributed by atoms with van der Waals surface area (Å²) >= 11 is 0. The minimum Gasteiger partial charge on any atom is -0.507 e. The van der Waals surface area contributed by atoms with Crippen molar-refractivity contribution in [3.8, 4) is 11.5 Å². The largest absolute Gasteiger partial charge is 0.507 e. The number of nitrogens with zero attached hydrogens (tertiary/aromatic N) is 2. The summed E-state index contributed by atoms with van der Waals surface area (Å²) in [5, 5.41) is 10.6. The summed E-state index contributed by atoms with van der Waals surface area (Å²) in [6, 6.07) is 13.9. The van der Waals surface area contributed by atoms with Gasteiger partial charge in [0.2, 0.25) is 0 Å². The van der Waals surface area contributed by atoms with Crippen LogP contribution in [0.3, 0.4) is 0 Å². The topological polar surface area (TPSA) is 79.7 Å². The van der Waals surface area contributed by atoms with Gasteiger partial charge in [0.25, 0.3) is 5.91 Å². The third kappa shape index (κ3) is 2.97. The molecule has 2 heterocycles. The molecular weight excluding hydrogens is 332 g/mol. The summed E-state index contributed by atoms with van der Waals surface area (Å²) in [5.74, 6) is 0.403. The fourth-order valence-corrected chi connectivity index (χ4v) is 2.96. The summed E-state index contributed by atoms with van der Waals surface area (Å²) in [6.07, 6.45) is 2.19. The van der Waals surface area contributed by atoms with Crippen molar-refractivity contribution in [3.05, 3.63) is 65.9 Å². The van der Waals surface area contributed by atoms with Crippen molar-refractivity contribution in [2.75, 3.05) is 13.1 Å². The standard InChI is InChI=1S/C20H16N2O4/c23-12-15-8-14(4-6-19(15)24)20(25)22-10-17(11-22)26-16-5-3-13-2-1-7-21-18(13)9-16/h1-9,12,17,24H,10-11H2. The van der Waals surface area contributed by atoms with Gasteiger partial charge in [0.1, 0.15) is 17.6 Å². The first-order valence-electron chi connectivity index (χ1n) is 8.23. The highest BCUT2D eigenvalue weighted by Gasteiger charge is 2.33. The quantitative estimate of drug-likeness (QED) is 0.733. The molecule has 2 aromatic carbocycles. The number of amides is 1. The molecule has 4 rings (SSSR count). The van der Waals surface area contributed by atoms with Gasteiger partial charge < -0.3 is 14.7 Å². The number of phenols is 1. The molecule has 0 saturated carbocycles. The smallest absolute Gasteiger partial charge is 0.254 e. The van der Waals surface area contributed by atoms with E-state index >= 15 is 0 Å². The summed E-state index contributed by atoms with van der Waals surface area (Å²) < 4.78 is 5.91. The molecule has 0 spiro atoms. The Bertz CT molecular complexity index is 996. The van der Waals surface area contributed by atoms with Crippen molar-refractivity contribution in [1.29, 1.82) is 0 Å². The Kier molecular flexibility index (Phi) is 4.01. The van der Waals surface area contributed by atoms with Gasteiger partial charge in [-0.25, -0.2) is 0 Å². The van der Waals surface area contributed by atoms with Crippen molar-refractivity contribution in [2.24, 2.45) is 0 Å². The molecule has 130 valence electrons. The lowest BCUT2D eigenvalue weighted by Crippen LogP contribution is -2.56. The molecule has 26 heavy (non-hydrogen) atoms. The van der Waals surface area contributed by atoms with E-state index in [4.69, 9.17) is 4.74 Å². The maximum absolute atomic E-state index is 12.4. The number of fused-ring (bicyclic) bond motifs is 1. The Balaban J connectivity index is 1.40. The molecule has 1 saturated heterocycles. The highest BCUT2D eigenvalue weighted by atomic mass is 16.5. The van der Waals surface area contributed by atoms with Crippen molar-refractivity contribution < 1.29 is 19.4 Å². The zero-order valence-corrected chi connectivity index (χ0v) is 13.8. The van der Waals surface area contributed by atoms with Gasteiger partial charge in [-0.05, 0) is 36.4 Å². The number of carbonyl (C=O) groups excluding carboxylic acids is 2. The fourth-order valence-electron chi connectivity index (χ4n) is 2.96. The third-order valence-electron chi connectivity index (χ3n) is 4.42. The normalized spacial score (nSPS) is 14.1. The van der Waals surface area contributed by atoms with Gasteiger partial charge in [0, 0.05) is 23.2 Å². The lowest BCUT2D eigenvalue weighted by Gasteiger charge is -2.39. The van der Waals surface area contributed by atoms with Gasteiger partial charge in [0.15, 0.2) is 6.29 Å². The number of pyridine rings is 1. The number of benzene rings is 2. The number of ether oxygens (including phenoxy) is 1. The first-order valence-corrected chi connectivity index (χ1v) is 8.23. The lowest BCUT2D eigenvalue weighted by molar-refractivity contribution is 0.0178. The number of likely N-dealkylation sites (tertiary alicyclic amines) is 1. The molecule has 0 bridgehead atoms. The Hall–Kier alpha value is -3.41. The molecule has 1 aromatic heterocycles. The molecule has 1 fully saturated rings. The molecule has 6 nitrogen and oxygen atoms in total. The highest BCUT2D eigenvalue weighted by Crippen LogP contribution is 2.24. The molecule has 0 aliphatic carbocycles. The van der Waals surface area contributed by atoms with Crippen molar-refractivity contribution in [3.63, 3.8) is 0 Å². The molecule has 1 aliphatic heterocycles. The van der Waals surface area contributed by atoms with Crippen LogP contribution in [0, 0.1) is 0 Å². The van der Waals surface area contributed by atoms with Crippen LogP contribution in [0.2, 0.25) is 0 Å². The van der Waals surface area contributed by atoms with Gasteiger partial charge in [0.05, 0.1) is 24.2 Å². The van der Waals surface area contributed by atoms with Crippen LogP contribution in [0.5, 0.6) is 11.5 Å². The maximum atomic E-state index is 12.4. The fraction of sp³-hybridized carbons (Fsp3) is 0.150. The van der Waals surface area contributed by atoms with Crippen LogP contribution in [0.15, 0.2) is 54.7 Å². The first kappa shape index (κ1) is 16.1. The van der Waals surface area contributed by atoms with Crippen molar-refractivity contribution >= 4 is 23.1 Å². The zero-order valence-electron chi connectivity index (χ0n) is 13.8. The van der Waals surface area contributed by atoms with Gasteiger partial charge in [-0.3, -0.25) is 14.6 Å². The van der Waals surface area contributed by atoms with Gasteiger partial charge in [-0.15, -0.1) is 0 Å². The number of rotatable bonds is 4. The summed E-state index contributed by atoms with van der Waals surface area (Å²) in [7, 11) is 0. The van der Waals surface area contributed by atoms with E-state index in [0.717, 1.165) is 16.7 Å². The van der Waals surface area contributed by atoms with Crippen LogP contribution in [-0.4, -0.2) is 46.4 Å². The third-order valence-corrected chi connectivity index (χ3v) is 4.42. The van der Waals surface area contributed by atoms with Crippen LogP contribution in [0.4, 0.5) is 0 Å². The van der Waals surface area contributed by atoms with Crippen LogP contribution in [0.25, 0.3) is 10.9 Å². The van der Waals surface area contributed by atoms with Gasteiger partial charge >= 0.3 is 0 Å². The van der Waals surface area contributed by atoms with E-state index < -0.39 is 0 Å². The molecule has 1 aliphatic rings. The second-order valence-corrected chi connectivity index (χ2v) is 6.20. The number of hydrogen-bond acceptors (Lipinski definition) is 5. The Morgan fingerprint density at radius 3 is 2.85 bits per heavy atom. The molecule has 1 amide bonds. The first-order chi connectivity index (χ1) is 12.6. The predicted molar refractivity (Wildman–Crippen MR) is 95.6 cm³/mol. The summed E-state index contributed by atoms with van der Waals surface area (Å²) in [4.78, 5) is 29.3. The second kappa shape index (κ2) is 6.48. The monoisotopic (exact) mass is 348 g/mol. The van der Waals surface area contributed by atoms with E-state index in [0.29, 0.717) is 24.9 Å². The van der Waals surface area contributed by atoms with Crippen LogP contribution < -0.4 is 4.74 Å². The Labute approximate surface area is 149 Å². The van der Waals surface area contributed by atoms with E-state index in [-0.39, 0.29) is 23.3 Å². The molecular formula is C20H16N2O4. The minimum atomic E-state index is -0.187. The maximum Gasteiger partial charge on any atom is 0.254 e. The molecule has 1 N–H and O–H groups in total. The summed E-state index contributed by atoms with van der Waals surface area (Å²) in [5.41, 5.74) is 1.34. The van der Waals surface area contributed by atoms with E-state index in [1.165, 1.54) is 18.2 Å². The van der Waals surface area contributed by atoms with E-state index in [9.17, 15) is 14.7 Å². The van der Waals surface area contributed by atoms with Crippen LogP contribution in [0.1, 0.15) is 20.7 Å². The molecule has 0 atom stereocenters. The Morgan fingerprint density at radius 2 is 2.04 bits per heavy atom. The molecule has 3 aromatic rings. The van der Waals surface area contributed by atoms with Crippen molar-refractivity contribution in [2.45, 2.75) is 6.10 Å². The minimum absolute atomic E-state index is 0.0808. The number of aldehydes is 1. The molecule has 0 radical (unpaired) electrons. The number of hydrogen-bond donors (Lipinski definition) is 1. The van der Waals surface area contributed by atoms with E-state index in [2.05, 4.69) is 4.98 Å². The zero-order chi connectivity index (χ0) is 18.1. The number of carbonyl (C=O) groups is 2. The highest BCUT2D eigenvalue weighted by molar-refractivity contribution is 5.97.